The van der Waals surface area contributed by atoms with Crippen LogP contribution in [-0.4, -0.2) is 20.1 Å². The van der Waals surface area contributed by atoms with E-state index >= 15 is 0 Å². The summed E-state index contributed by atoms with van der Waals surface area (Å²) in [5.74, 6) is 7.54. The van der Waals surface area contributed by atoms with E-state index in [9.17, 15) is 5.26 Å². The SMILES string of the molecule is [C-]#[N+]c1ccc2c(c1)B1c3cc4c(cc3Oc3cc(N(c5ccccc5)c5ccccc5)cc(c31)O2)Oc1cc(N(c2ccccc2)c2ccccc2)cc2c1B4c1cc3c(cc1O2)Oc1cc(N(c2ccccc2)c2ccccc2)cc2c1B3c1cc(C#N)ccc1O2. The van der Waals surface area contributed by atoms with Crippen LogP contribution in [0.2, 0.25) is 0 Å². The van der Waals surface area contributed by atoms with Crippen LogP contribution >= 0.6 is 0 Å². The lowest BCUT2D eigenvalue weighted by atomic mass is 9.30. The lowest BCUT2D eigenvalue weighted by molar-refractivity contribution is 0.448. The maximum absolute atomic E-state index is 10.5. The predicted octanol–water partition coefficient (Wildman–Crippen LogP) is 14.7. The Hall–Kier alpha value is -12.8. The molecule has 0 amide bonds. The number of para-hydroxylation sites is 6. The summed E-state index contributed by atoms with van der Waals surface area (Å²) in [5.41, 5.74) is 17.2. The van der Waals surface area contributed by atoms with E-state index in [-0.39, 0.29) is 0 Å². The van der Waals surface area contributed by atoms with E-state index in [2.05, 4.69) is 147 Å². The third-order valence-corrected chi connectivity index (χ3v) is 18.7. The van der Waals surface area contributed by atoms with E-state index in [1.165, 1.54) is 0 Å². The van der Waals surface area contributed by atoms with Gasteiger partial charge in [0.05, 0.1) is 35.3 Å². The van der Waals surface area contributed by atoms with Crippen LogP contribution in [0.4, 0.5) is 56.9 Å². The zero-order valence-electron chi connectivity index (χ0n) is 50.0. The van der Waals surface area contributed by atoms with Gasteiger partial charge in [-0.1, -0.05) is 133 Å². The molecule has 0 fully saturated rings. The number of benzene rings is 13. The van der Waals surface area contributed by atoms with Crippen molar-refractivity contribution in [1.82, 2.24) is 0 Å². The highest BCUT2D eigenvalue weighted by Gasteiger charge is 2.49. The van der Waals surface area contributed by atoms with Crippen LogP contribution in [0.1, 0.15) is 5.56 Å². The summed E-state index contributed by atoms with van der Waals surface area (Å²) >= 11 is 0. The van der Waals surface area contributed by atoms with Crippen molar-refractivity contribution in [3.8, 4) is 75.1 Å². The quantitative estimate of drug-likeness (QED) is 0.103. The van der Waals surface area contributed by atoms with E-state index in [0.717, 1.165) is 100 Å². The zero-order valence-corrected chi connectivity index (χ0v) is 50.0. The highest BCUT2D eigenvalue weighted by molar-refractivity contribution is 7.02. The molecule has 19 rings (SSSR count). The van der Waals surface area contributed by atoms with Crippen LogP contribution < -0.4 is 92.3 Å². The molecule has 13 aromatic carbocycles. The van der Waals surface area contributed by atoms with Crippen molar-refractivity contribution in [1.29, 1.82) is 5.26 Å². The topological polar surface area (TPSA) is 93.3 Å². The minimum absolute atomic E-state index is 0.419. The van der Waals surface area contributed by atoms with Gasteiger partial charge >= 0.3 is 0 Å². The summed E-state index contributed by atoms with van der Waals surface area (Å²) in [7, 11) is 0. The Balaban J connectivity index is 0.826. The fraction of sp³-hybridized carbons (Fsp3) is 0. The van der Waals surface area contributed by atoms with Gasteiger partial charge in [-0.3, -0.25) is 0 Å². The molecule has 0 atom stereocenters. The molecule has 0 unspecified atom stereocenters. The average molecular weight is 1210 g/mol. The first kappa shape index (κ1) is 53.1. The molecule has 0 radical (unpaired) electrons. The highest BCUT2D eigenvalue weighted by Crippen LogP contribution is 2.49. The maximum Gasteiger partial charge on any atom is 0.260 e. The zero-order chi connectivity index (χ0) is 62.1. The molecule has 6 aliphatic rings. The first-order chi connectivity index (χ1) is 46.5. The van der Waals surface area contributed by atoms with E-state index < -0.39 is 20.1 Å². The molecule has 14 heteroatoms. The Morgan fingerprint density at radius 3 is 0.819 bits per heavy atom. The molecular formula is C80H46B3N5O6. The minimum atomic E-state index is -0.468. The van der Waals surface area contributed by atoms with E-state index in [0.29, 0.717) is 80.2 Å². The third kappa shape index (κ3) is 8.33. The molecule has 11 nitrogen and oxygen atoms in total. The molecule has 0 bridgehead atoms. The second kappa shape index (κ2) is 20.9. The molecule has 0 saturated carbocycles. The first-order valence-electron chi connectivity index (χ1n) is 31.2. The van der Waals surface area contributed by atoms with Crippen LogP contribution in [0.5, 0.6) is 69.0 Å². The molecule has 0 aromatic heterocycles. The third-order valence-electron chi connectivity index (χ3n) is 18.7. The Labute approximate surface area is 542 Å². The summed E-state index contributed by atoms with van der Waals surface area (Å²) in [6.07, 6.45) is 0. The number of rotatable bonds is 9. The van der Waals surface area contributed by atoms with Gasteiger partial charge in [0.1, 0.15) is 69.0 Å². The van der Waals surface area contributed by atoms with Crippen molar-refractivity contribution in [3.05, 3.63) is 296 Å². The van der Waals surface area contributed by atoms with E-state index in [4.69, 9.17) is 35.0 Å². The number of nitrogens with zero attached hydrogens (tertiary/aromatic N) is 5. The van der Waals surface area contributed by atoms with Crippen molar-refractivity contribution < 1.29 is 28.4 Å². The Morgan fingerprint density at radius 1 is 0.266 bits per heavy atom. The normalized spacial score (nSPS) is 12.9. The Bertz CT molecular complexity index is 5000. The van der Waals surface area contributed by atoms with Gasteiger partial charge in [0.25, 0.3) is 20.1 Å². The van der Waals surface area contributed by atoms with Crippen molar-refractivity contribution >= 4 is 126 Å². The van der Waals surface area contributed by atoms with Gasteiger partial charge in [-0.25, -0.2) is 4.85 Å². The molecular weight excluding hydrogens is 1160 g/mol. The monoisotopic (exact) mass is 1210 g/mol. The van der Waals surface area contributed by atoms with Crippen molar-refractivity contribution in [3.63, 3.8) is 0 Å². The number of ether oxygens (including phenoxy) is 6. The summed E-state index contributed by atoms with van der Waals surface area (Å²) < 4.78 is 43.4. The highest BCUT2D eigenvalue weighted by atomic mass is 16.5. The molecule has 13 aromatic rings. The lowest BCUT2D eigenvalue weighted by Gasteiger charge is -2.39. The Morgan fingerprint density at radius 2 is 0.532 bits per heavy atom. The number of anilines is 9. The molecule has 436 valence electrons. The summed E-state index contributed by atoms with van der Waals surface area (Å²) in [5, 5.41) is 10.5. The Kier molecular flexibility index (Phi) is 11.8. The lowest BCUT2D eigenvalue weighted by Crippen LogP contribution is -2.63. The first-order valence-corrected chi connectivity index (χ1v) is 31.2. The van der Waals surface area contributed by atoms with Crippen LogP contribution in [0, 0.1) is 17.9 Å². The van der Waals surface area contributed by atoms with E-state index in [1.54, 1.807) is 0 Å². The fourth-order valence-electron chi connectivity index (χ4n) is 14.8. The summed E-state index contributed by atoms with van der Waals surface area (Å²) in [6.45, 7) is 6.93. The molecule has 94 heavy (non-hydrogen) atoms. The summed E-state index contributed by atoms with van der Waals surface area (Å²) in [6, 6.07) is 96.7. The van der Waals surface area contributed by atoms with Crippen molar-refractivity contribution in [2.75, 3.05) is 14.7 Å². The molecule has 0 spiro atoms. The van der Waals surface area contributed by atoms with Gasteiger partial charge < -0.3 is 43.1 Å². The number of nitriles is 1. The number of hydrogen-bond donors (Lipinski definition) is 0. The molecule has 0 saturated heterocycles. The van der Waals surface area contributed by atoms with Gasteiger partial charge in [-0.2, -0.15) is 5.26 Å². The van der Waals surface area contributed by atoms with Crippen molar-refractivity contribution in [2.45, 2.75) is 0 Å². The van der Waals surface area contributed by atoms with Gasteiger partial charge in [-0.15, -0.1) is 0 Å². The van der Waals surface area contributed by atoms with Gasteiger partial charge in [-0.05, 0) is 130 Å². The van der Waals surface area contributed by atoms with Gasteiger partial charge in [0, 0.05) is 99.0 Å². The average Bonchev–Trinajstić information content (AvgIpc) is 0.707. The fourth-order valence-corrected chi connectivity index (χ4v) is 14.8. The predicted molar refractivity (Wildman–Crippen MR) is 375 cm³/mol. The van der Waals surface area contributed by atoms with Gasteiger partial charge in [0.15, 0.2) is 5.69 Å². The van der Waals surface area contributed by atoms with Crippen molar-refractivity contribution in [2.24, 2.45) is 0 Å². The molecule has 0 aliphatic carbocycles. The van der Waals surface area contributed by atoms with Gasteiger partial charge in [0.2, 0.25) is 0 Å². The van der Waals surface area contributed by atoms with Crippen LogP contribution in [-0.2, 0) is 0 Å². The second-order valence-electron chi connectivity index (χ2n) is 24.1. The standard InChI is InChI=1S/C80H46B3N5O6/c1-85-50-33-35-67-61(37-50)82-63-45-65-71(47-69(63)92-75-41-58(39-73(90-67)79(75)82)87(53-24-12-4-13-25-53)54-26-14-5-15-27-54)94-77-43-59(88(55-28-16-6-17-29-55)56-30-18-7-19-31-56)42-76-80(77)83(65)64-44-62-68(46-70(64)93-76)91-74-40-57(86(51-20-8-2-9-21-51)52-22-10-3-11-23-52)38-72-78(74)81(62)60-36-49(48-84)32-34-66(60)89-72/h2-47H. The number of hydrogen-bond acceptors (Lipinski definition) is 10. The van der Waals surface area contributed by atoms with Crippen LogP contribution in [0.25, 0.3) is 4.85 Å². The molecule has 6 heterocycles. The number of fused-ring (bicyclic) bond motifs is 12. The van der Waals surface area contributed by atoms with Crippen LogP contribution in [0.3, 0.4) is 0 Å². The van der Waals surface area contributed by atoms with E-state index in [1.807, 2.05) is 158 Å². The minimum Gasteiger partial charge on any atom is -0.458 e. The van der Waals surface area contributed by atoms with Crippen LogP contribution in [0.15, 0.2) is 279 Å². The summed E-state index contributed by atoms with van der Waals surface area (Å²) in [4.78, 5) is 10.6. The smallest absolute Gasteiger partial charge is 0.260 e. The molecule has 0 N–H and O–H groups in total. The second-order valence-corrected chi connectivity index (χ2v) is 24.1. The largest absolute Gasteiger partial charge is 0.458 e. The maximum atomic E-state index is 10.5. The molecule has 6 aliphatic heterocycles.